The van der Waals surface area contributed by atoms with E-state index in [1.165, 1.54) is 6.20 Å². The molecule has 0 aliphatic rings. The first-order valence-electron chi connectivity index (χ1n) is 5.21. The third-order valence-electron chi connectivity index (χ3n) is 2.11. The summed E-state index contributed by atoms with van der Waals surface area (Å²) in [5.41, 5.74) is 0.438. The number of hydrogen-bond acceptors (Lipinski definition) is 3. The van der Waals surface area contributed by atoms with Crippen molar-refractivity contribution in [3.8, 4) is 0 Å². The molecule has 1 aromatic heterocycles. The summed E-state index contributed by atoms with van der Waals surface area (Å²) in [6.45, 7) is 2.24. The van der Waals surface area contributed by atoms with Crippen molar-refractivity contribution in [1.82, 2.24) is 10.3 Å². The van der Waals surface area contributed by atoms with E-state index in [-0.39, 0.29) is 12.5 Å². The second-order valence-corrected chi connectivity index (χ2v) is 3.91. The number of pyridine rings is 1. The number of rotatable bonds is 5. The summed E-state index contributed by atoms with van der Waals surface area (Å²) < 4.78 is 0. The van der Waals surface area contributed by atoms with Gasteiger partial charge in [0, 0.05) is 12.7 Å². The van der Waals surface area contributed by atoms with E-state index in [0.29, 0.717) is 17.1 Å². The van der Waals surface area contributed by atoms with Gasteiger partial charge in [0.15, 0.2) is 0 Å². The zero-order valence-electron chi connectivity index (χ0n) is 9.11. The van der Waals surface area contributed by atoms with E-state index in [0.717, 1.165) is 6.42 Å². The quantitative estimate of drug-likeness (QED) is 0.772. The number of carbonyl (C=O) groups is 1. The largest absolute Gasteiger partial charge is 0.391 e. The number of amides is 1. The molecule has 1 aromatic rings. The molecule has 16 heavy (non-hydrogen) atoms. The molecule has 0 fully saturated rings. The van der Waals surface area contributed by atoms with E-state index in [2.05, 4.69) is 10.3 Å². The van der Waals surface area contributed by atoms with Crippen molar-refractivity contribution < 1.29 is 9.90 Å². The van der Waals surface area contributed by atoms with E-state index >= 15 is 0 Å². The van der Waals surface area contributed by atoms with Crippen LogP contribution in [-0.2, 0) is 0 Å². The van der Waals surface area contributed by atoms with Crippen LogP contribution in [0.1, 0.15) is 30.1 Å². The first kappa shape index (κ1) is 12.9. The monoisotopic (exact) mass is 242 g/mol. The van der Waals surface area contributed by atoms with Crippen LogP contribution in [0.4, 0.5) is 0 Å². The Hall–Kier alpha value is -1.13. The van der Waals surface area contributed by atoms with Crippen LogP contribution in [0.5, 0.6) is 0 Å². The van der Waals surface area contributed by atoms with Crippen LogP contribution in [0.3, 0.4) is 0 Å². The minimum absolute atomic E-state index is 0.251. The summed E-state index contributed by atoms with van der Waals surface area (Å²) in [7, 11) is 0. The van der Waals surface area contributed by atoms with E-state index in [9.17, 15) is 9.90 Å². The molecule has 1 rings (SSSR count). The maximum Gasteiger partial charge on any atom is 0.252 e. The van der Waals surface area contributed by atoms with Crippen LogP contribution >= 0.6 is 11.6 Å². The van der Waals surface area contributed by atoms with E-state index in [1.807, 2.05) is 6.92 Å². The third-order valence-corrected chi connectivity index (χ3v) is 2.33. The fourth-order valence-electron chi connectivity index (χ4n) is 1.26. The van der Waals surface area contributed by atoms with Crippen molar-refractivity contribution in [3.05, 3.63) is 29.0 Å². The molecule has 0 aliphatic heterocycles. The van der Waals surface area contributed by atoms with Gasteiger partial charge >= 0.3 is 0 Å². The van der Waals surface area contributed by atoms with Gasteiger partial charge in [0.2, 0.25) is 0 Å². The fourth-order valence-corrected chi connectivity index (χ4v) is 1.37. The molecule has 1 heterocycles. The standard InChI is InChI=1S/C11H15ClN2O2/c1-2-3-9(15)7-14-11(16)8-4-5-10(12)13-6-8/h4-6,9,15H,2-3,7H2,1H3,(H,14,16). The number of carbonyl (C=O) groups excluding carboxylic acids is 1. The van der Waals surface area contributed by atoms with Crippen molar-refractivity contribution in [1.29, 1.82) is 0 Å². The number of hydrogen-bond donors (Lipinski definition) is 2. The van der Waals surface area contributed by atoms with Gasteiger partial charge in [0.05, 0.1) is 11.7 Å². The van der Waals surface area contributed by atoms with Gasteiger partial charge in [-0.3, -0.25) is 4.79 Å². The first-order chi connectivity index (χ1) is 7.63. The highest BCUT2D eigenvalue weighted by Gasteiger charge is 2.08. The summed E-state index contributed by atoms with van der Waals surface area (Å²) in [6, 6.07) is 3.15. The average molecular weight is 243 g/mol. The van der Waals surface area contributed by atoms with Gasteiger partial charge in [-0.25, -0.2) is 4.98 Å². The minimum atomic E-state index is -0.491. The number of halogens is 1. The summed E-state index contributed by atoms with van der Waals surface area (Å²) in [4.78, 5) is 15.4. The Morgan fingerprint density at radius 1 is 1.62 bits per heavy atom. The molecule has 0 aliphatic carbocycles. The Morgan fingerprint density at radius 2 is 2.38 bits per heavy atom. The Balaban J connectivity index is 2.43. The van der Waals surface area contributed by atoms with E-state index in [4.69, 9.17) is 11.6 Å². The molecule has 0 saturated carbocycles. The molecule has 0 saturated heterocycles. The maximum absolute atomic E-state index is 11.6. The van der Waals surface area contributed by atoms with Crippen molar-refractivity contribution in [3.63, 3.8) is 0 Å². The zero-order valence-corrected chi connectivity index (χ0v) is 9.87. The molecule has 0 radical (unpaired) electrons. The Morgan fingerprint density at radius 3 is 2.94 bits per heavy atom. The molecule has 1 amide bonds. The zero-order chi connectivity index (χ0) is 12.0. The minimum Gasteiger partial charge on any atom is -0.391 e. The van der Waals surface area contributed by atoms with Gasteiger partial charge in [-0.1, -0.05) is 24.9 Å². The second kappa shape index (κ2) is 6.45. The number of aliphatic hydroxyl groups excluding tert-OH is 1. The molecule has 88 valence electrons. The van der Waals surface area contributed by atoms with Gasteiger partial charge in [0.25, 0.3) is 5.91 Å². The topological polar surface area (TPSA) is 62.2 Å². The Kier molecular flexibility index (Phi) is 5.22. The molecule has 5 heteroatoms. The van der Waals surface area contributed by atoms with Crippen molar-refractivity contribution in [2.24, 2.45) is 0 Å². The maximum atomic E-state index is 11.6. The third kappa shape index (κ3) is 4.16. The van der Waals surface area contributed by atoms with E-state index in [1.54, 1.807) is 12.1 Å². The normalized spacial score (nSPS) is 12.2. The van der Waals surface area contributed by atoms with E-state index < -0.39 is 6.10 Å². The molecule has 1 atom stereocenters. The summed E-state index contributed by atoms with van der Waals surface area (Å²) in [5.74, 6) is -0.251. The predicted molar refractivity (Wildman–Crippen MR) is 62.5 cm³/mol. The molecule has 4 nitrogen and oxygen atoms in total. The van der Waals surface area contributed by atoms with Crippen molar-refractivity contribution in [2.45, 2.75) is 25.9 Å². The highest BCUT2D eigenvalue weighted by molar-refractivity contribution is 6.29. The lowest BCUT2D eigenvalue weighted by Crippen LogP contribution is -2.32. The van der Waals surface area contributed by atoms with Crippen molar-refractivity contribution in [2.75, 3.05) is 6.54 Å². The van der Waals surface area contributed by atoms with Gasteiger partial charge < -0.3 is 10.4 Å². The van der Waals surface area contributed by atoms with Gasteiger partial charge in [-0.15, -0.1) is 0 Å². The van der Waals surface area contributed by atoms with Crippen LogP contribution in [0.15, 0.2) is 18.3 Å². The lowest BCUT2D eigenvalue weighted by Gasteiger charge is -2.10. The van der Waals surface area contributed by atoms with Gasteiger partial charge in [-0.05, 0) is 18.6 Å². The fraction of sp³-hybridized carbons (Fsp3) is 0.455. The summed E-state index contributed by atoms with van der Waals surface area (Å²) in [5, 5.41) is 12.4. The van der Waals surface area contributed by atoms with Crippen molar-refractivity contribution >= 4 is 17.5 Å². The molecule has 0 spiro atoms. The first-order valence-corrected chi connectivity index (χ1v) is 5.59. The highest BCUT2D eigenvalue weighted by Crippen LogP contribution is 2.05. The molecular formula is C11H15ClN2O2. The van der Waals surface area contributed by atoms with Crippen LogP contribution in [-0.4, -0.2) is 28.6 Å². The molecular weight excluding hydrogens is 228 g/mol. The summed E-state index contributed by atoms with van der Waals surface area (Å²) >= 11 is 5.60. The number of nitrogens with zero attached hydrogens (tertiary/aromatic N) is 1. The van der Waals surface area contributed by atoms with Crippen LogP contribution in [0.2, 0.25) is 5.15 Å². The lowest BCUT2D eigenvalue weighted by atomic mass is 10.2. The van der Waals surface area contributed by atoms with Gasteiger partial charge in [0.1, 0.15) is 5.15 Å². The average Bonchev–Trinajstić information content (AvgIpc) is 2.27. The van der Waals surface area contributed by atoms with Crippen LogP contribution in [0.25, 0.3) is 0 Å². The molecule has 0 bridgehead atoms. The number of aromatic nitrogens is 1. The molecule has 0 aromatic carbocycles. The smallest absolute Gasteiger partial charge is 0.252 e. The lowest BCUT2D eigenvalue weighted by molar-refractivity contribution is 0.0910. The second-order valence-electron chi connectivity index (χ2n) is 3.52. The number of nitrogens with one attached hydrogen (secondary N) is 1. The molecule has 2 N–H and O–H groups in total. The predicted octanol–water partition coefficient (Wildman–Crippen LogP) is 1.63. The van der Waals surface area contributed by atoms with Crippen LogP contribution in [0, 0.1) is 0 Å². The molecule has 1 unspecified atom stereocenters. The van der Waals surface area contributed by atoms with Gasteiger partial charge in [-0.2, -0.15) is 0 Å². The summed E-state index contributed by atoms with van der Waals surface area (Å²) in [6.07, 6.45) is 2.48. The Bertz CT molecular complexity index is 340. The van der Waals surface area contributed by atoms with Crippen LogP contribution < -0.4 is 5.32 Å². The number of aliphatic hydroxyl groups is 1. The Labute approximate surface area is 99.6 Å². The highest BCUT2D eigenvalue weighted by atomic mass is 35.5. The SMILES string of the molecule is CCCC(O)CNC(=O)c1ccc(Cl)nc1.